The number of imidazole rings is 1. The molecule has 0 aliphatic heterocycles. The number of nitrogens with zero attached hydrogens (tertiary/aromatic N) is 2. The molecule has 0 fully saturated rings. The number of rotatable bonds is 6. The highest BCUT2D eigenvalue weighted by Gasteiger charge is 2.20. The summed E-state index contributed by atoms with van der Waals surface area (Å²) in [6, 6.07) is 5.62. The van der Waals surface area contributed by atoms with E-state index in [1.165, 1.54) is 18.2 Å². The molecule has 26 heavy (non-hydrogen) atoms. The second-order valence-electron chi connectivity index (χ2n) is 5.83. The number of amides is 1. The smallest absolute Gasteiger partial charge is 0.339 e. The standard InChI is InChI=1S/C18H18FN3O4/c1-3-14-11(18(24)25)9-15(26-14)17(23)20-7-6-16-21-12-8-10(19)4-5-13(12)22(16)2/h4-5,8-9H,3,6-7H2,1-2H3,(H,20,23)(H,24,25). The molecule has 3 aromatic rings. The van der Waals surface area contributed by atoms with Crippen LogP contribution in [0.25, 0.3) is 11.0 Å². The third-order valence-corrected chi connectivity index (χ3v) is 4.15. The Bertz CT molecular complexity index is 990. The van der Waals surface area contributed by atoms with Gasteiger partial charge in [0.1, 0.15) is 23.0 Å². The summed E-state index contributed by atoms with van der Waals surface area (Å²) in [4.78, 5) is 27.7. The Morgan fingerprint density at radius 2 is 2.12 bits per heavy atom. The molecule has 2 N–H and O–H groups in total. The minimum atomic E-state index is -1.13. The molecule has 0 atom stereocenters. The van der Waals surface area contributed by atoms with Gasteiger partial charge in [0.25, 0.3) is 5.91 Å². The van der Waals surface area contributed by atoms with Gasteiger partial charge in [-0.3, -0.25) is 4.79 Å². The molecule has 7 nitrogen and oxygen atoms in total. The third kappa shape index (κ3) is 3.30. The van der Waals surface area contributed by atoms with E-state index in [2.05, 4.69) is 10.3 Å². The molecule has 2 aromatic heterocycles. The van der Waals surface area contributed by atoms with Crippen molar-refractivity contribution in [1.29, 1.82) is 0 Å². The van der Waals surface area contributed by atoms with Crippen LogP contribution in [0.1, 0.15) is 39.4 Å². The molecule has 0 bridgehead atoms. The highest BCUT2D eigenvalue weighted by Crippen LogP contribution is 2.18. The van der Waals surface area contributed by atoms with E-state index < -0.39 is 11.9 Å². The summed E-state index contributed by atoms with van der Waals surface area (Å²) in [5, 5.41) is 11.8. The molecule has 0 radical (unpaired) electrons. The molecule has 0 saturated carbocycles. The fourth-order valence-electron chi connectivity index (χ4n) is 2.81. The number of nitrogens with one attached hydrogen (secondary N) is 1. The number of carboxylic acid groups (broad SMARTS) is 1. The third-order valence-electron chi connectivity index (χ3n) is 4.15. The van der Waals surface area contributed by atoms with Gasteiger partial charge in [0, 0.05) is 38.6 Å². The number of furan rings is 1. The summed E-state index contributed by atoms with van der Waals surface area (Å²) in [5.74, 6) is -1.04. The van der Waals surface area contributed by atoms with E-state index in [1.54, 1.807) is 13.0 Å². The number of benzene rings is 1. The molecule has 136 valence electrons. The monoisotopic (exact) mass is 359 g/mol. The summed E-state index contributed by atoms with van der Waals surface area (Å²) in [7, 11) is 1.82. The Balaban J connectivity index is 1.67. The Morgan fingerprint density at radius 3 is 2.77 bits per heavy atom. The van der Waals surface area contributed by atoms with Crippen molar-refractivity contribution in [3.05, 3.63) is 53.0 Å². The molecule has 8 heteroatoms. The maximum Gasteiger partial charge on any atom is 0.339 e. The van der Waals surface area contributed by atoms with Crippen molar-refractivity contribution in [2.24, 2.45) is 7.05 Å². The van der Waals surface area contributed by atoms with E-state index in [0.29, 0.717) is 24.2 Å². The van der Waals surface area contributed by atoms with Gasteiger partial charge >= 0.3 is 5.97 Å². The maximum atomic E-state index is 13.3. The van der Waals surface area contributed by atoms with Crippen LogP contribution in [-0.4, -0.2) is 33.1 Å². The molecule has 0 saturated heterocycles. The van der Waals surface area contributed by atoms with Crippen LogP contribution in [0.5, 0.6) is 0 Å². The van der Waals surface area contributed by atoms with E-state index in [9.17, 15) is 14.0 Å². The van der Waals surface area contributed by atoms with Gasteiger partial charge in [-0.15, -0.1) is 0 Å². The van der Waals surface area contributed by atoms with E-state index in [-0.39, 0.29) is 29.4 Å². The molecule has 0 unspecified atom stereocenters. The van der Waals surface area contributed by atoms with Crippen LogP contribution in [-0.2, 0) is 19.9 Å². The van der Waals surface area contributed by atoms with Gasteiger partial charge < -0.3 is 19.4 Å². The lowest BCUT2D eigenvalue weighted by molar-refractivity contribution is 0.0694. The highest BCUT2D eigenvalue weighted by atomic mass is 19.1. The lowest BCUT2D eigenvalue weighted by Gasteiger charge is -2.04. The van der Waals surface area contributed by atoms with Crippen LogP contribution in [0.15, 0.2) is 28.7 Å². The van der Waals surface area contributed by atoms with Gasteiger partial charge in [0.05, 0.1) is 11.0 Å². The fraction of sp³-hybridized carbons (Fsp3) is 0.278. The number of carbonyl (C=O) groups is 2. The number of carboxylic acids is 1. The number of hydrogen-bond donors (Lipinski definition) is 2. The van der Waals surface area contributed by atoms with Gasteiger partial charge in [0.15, 0.2) is 5.76 Å². The first-order chi connectivity index (χ1) is 12.4. The normalized spacial score (nSPS) is 11.0. The number of carbonyl (C=O) groups excluding carboxylic acids is 1. The Hall–Kier alpha value is -3.16. The van der Waals surface area contributed by atoms with Crippen molar-refractivity contribution in [1.82, 2.24) is 14.9 Å². The fourth-order valence-corrected chi connectivity index (χ4v) is 2.81. The Kier molecular flexibility index (Phi) is 4.75. The first-order valence-electron chi connectivity index (χ1n) is 8.15. The first kappa shape index (κ1) is 17.7. The van der Waals surface area contributed by atoms with Gasteiger partial charge in [-0.25, -0.2) is 14.2 Å². The number of hydrogen-bond acceptors (Lipinski definition) is 4. The highest BCUT2D eigenvalue weighted by molar-refractivity contribution is 5.96. The van der Waals surface area contributed by atoms with Crippen molar-refractivity contribution in [2.45, 2.75) is 19.8 Å². The minimum Gasteiger partial charge on any atom is -0.478 e. The average Bonchev–Trinajstić information content (AvgIpc) is 3.17. The second-order valence-corrected chi connectivity index (χ2v) is 5.83. The zero-order valence-corrected chi connectivity index (χ0v) is 14.4. The molecular formula is C18H18FN3O4. The van der Waals surface area contributed by atoms with E-state index in [0.717, 1.165) is 5.52 Å². The molecule has 3 rings (SSSR count). The summed E-state index contributed by atoms with van der Waals surface area (Å²) < 4.78 is 20.4. The Morgan fingerprint density at radius 1 is 1.35 bits per heavy atom. The quantitative estimate of drug-likeness (QED) is 0.705. The van der Waals surface area contributed by atoms with Crippen LogP contribution >= 0.6 is 0 Å². The number of halogens is 1. The largest absolute Gasteiger partial charge is 0.478 e. The van der Waals surface area contributed by atoms with Crippen molar-refractivity contribution < 1.29 is 23.5 Å². The zero-order chi connectivity index (χ0) is 18.8. The van der Waals surface area contributed by atoms with Crippen LogP contribution in [0.3, 0.4) is 0 Å². The molecule has 0 spiro atoms. The average molecular weight is 359 g/mol. The zero-order valence-electron chi connectivity index (χ0n) is 14.4. The number of aromatic nitrogens is 2. The summed E-state index contributed by atoms with van der Waals surface area (Å²) >= 11 is 0. The van der Waals surface area contributed by atoms with Crippen LogP contribution in [0, 0.1) is 5.82 Å². The van der Waals surface area contributed by atoms with E-state index >= 15 is 0 Å². The SMILES string of the molecule is CCc1oc(C(=O)NCCc2nc3cc(F)ccc3n2C)cc1C(=O)O. The lowest BCUT2D eigenvalue weighted by atomic mass is 10.2. The number of fused-ring (bicyclic) bond motifs is 1. The topological polar surface area (TPSA) is 97.4 Å². The lowest BCUT2D eigenvalue weighted by Crippen LogP contribution is -2.26. The predicted molar refractivity (Wildman–Crippen MR) is 91.8 cm³/mol. The molecule has 2 heterocycles. The van der Waals surface area contributed by atoms with Crippen LogP contribution in [0.4, 0.5) is 4.39 Å². The van der Waals surface area contributed by atoms with Gasteiger partial charge in [-0.1, -0.05) is 6.92 Å². The first-order valence-corrected chi connectivity index (χ1v) is 8.15. The van der Waals surface area contributed by atoms with Gasteiger partial charge in [0.2, 0.25) is 0 Å². The summed E-state index contributed by atoms with van der Waals surface area (Å²) in [6.45, 7) is 2.03. The predicted octanol–water partition coefficient (Wildman–Crippen LogP) is 2.54. The molecule has 1 amide bonds. The van der Waals surface area contributed by atoms with Crippen LogP contribution < -0.4 is 5.32 Å². The molecule has 1 aromatic carbocycles. The molecular weight excluding hydrogens is 341 g/mol. The van der Waals surface area contributed by atoms with Crippen molar-refractivity contribution >= 4 is 22.9 Å². The maximum absolute atomic E-state index is 13.3. The van der Waals surface area contributed by atoms with E-state index in [4.69, 9.17) is 9.52 Å². The molecule has 0 aliphatic rings. The van der Waals surface area contributed by atoms with Crippen molar-refractivity contribution in [3.63, 3.8) is 0 Å². The van der Waals surface area contributed by atoms with Crippen molar-refractivity contribution in [3.8, 4) is 0 Å². The summed E-state index contributed by atoms with van der Waals surface area (Å²) in [6.07, 6.45) is 0.816. The molecule has 0 aliphatic carbocycles. The van der Waals surface area contributed by atoms with Crippen molar-refractivity contribution in [2.75, 3.05) is 6.54 Å². The van der Waals surface area contributed by atoms with Crippen LogP contribution in [0.2, 0.25) is 0 Å². The van der Waals surface area contributed by atoms with Gasteiger partial charge in [-0.05, 0) is 12.1 Å². The Labute approximate surface area is 148 Å². The van der Waals surface area contributed by atoms with Gasteiger partial charge in [-0.2, -0.15) is 0 Å². The summed E-state index contributed by atoms with van der Waals surface area (Å²) in [5.41, 5.74) is 1.35. The van der Waals surface area contributed by atoms with E-state index in [1.807, 2.05) is 11.6 Å². The minimum absolute atomic E-state index is 0.00460. The second kappa shape index (κ2) is 6.99. The number of aromatic carboxylic acids is 1. The number of aryl methyl sites for hydroxylation is 2.